The fourth-order valence-corrected chi connectivity index (χ4v) is 3.34. The van der Waals surface area contributed by atoms with Crippen LogP contribution in [0, 0.1) is 11.8 Å². The van der Waals surface area contributed by atoms with Crippen molar-refractivity contribution < 1.29 is 19.0 Å². The predicted molar refractivity (Wildman–Crippen MR) is 71.6 cm³/mol. The summed E-state index contributed by atoms with van der Waals surface area (Å²) in [6.45, 7) is 5.89. The monoisotopic (exact) mass is 270 g/mol. The summed E-state index contributed by atoms with van der Waals surface area (Å²) < 4.78 is 16.8. The largest absolute Gasteiger partial charge is 0.466 e. The summed E-state index contributed by atoms with van der Waals surface area (Å²) in [4.78, 5) is 12.1. The Morgan fingerprint density at radius 1 is 1.32 bits per heavy atom. The number of carbonyl (C=O) groups excluding carboxylic acids is 1. The summed E-state index contributed by atoms with van der Waals surface area (Å²) in [7, 11) is 0. The molecule has 0 N–H and O–H groups in total. The molecule has 1 unspecified atom stereocenters. The summed E-state index contributed by atoms with van der Waals surface area (Å²) in [5.41, 5.74) is 0. The number of hydrogen-bond acceptors (Lipinski definition) is 4. The molecule has 0 aromatic rings. The molecule has 0 bridgehead atoms. The van der Waals surface area contributed by atoms with Gasteiger partial charge in [-0.3, -0.25) is 4.79 Å². The summed E-state index contributed by atoms with van der Waals surface area (Å²) in [6.07, 6.45) is 5.86. The number of ether oxygens (including phenoxy) is 3. The first kappa shape index (κ1) is 14.8. The van der Waals surface area contributed by atoms with Gasteiger partial charge in [-0.2, -0.15) is 0 Å². The van der Waals surface area contributed by atoms with E-state index in [1.807, 2.05) is 6.92 Å². The van der Waals surface area contributed by atoms with E-state index in [1.54, 1.807) is 0 Å². The van der Waals surface area contributed by atoms with Crippen LogP contribution in [-0.4, -0.2) is 31.6 Å². The maximum atomic E-state index is 12.1. The van der Waals surface area contributed by atoms with Crippen LogP contribution in [0.3, 0.4) is 0 Å². The molecule has 2 rings (SSSR count). The Balaban J connectivity index is 2.00. The van der Waals surface area contributed by atoms with Crippen molar-refractivity contribution in [1.82, 2.24) is 0 Å². The predicted octanol–water partition coefficient (Wildman–Crippen LogP) is 2.90. The number of hydrogen-bond donors (Lipinski definition) is 0. The van der Waals surface area contributed by atoms with Gasteiger partial charge in [0.15, 0.2) is 5.79 Å². The van der Waals surface area contributed by atoms with Gasteiger partial charge in [0.05, 0.1) is 25.7 Å². The van der Waals surface area contributed by atoms with Gasteiger partial charge < -0.3 is 14.2 Å². The average Bonchev–Trinajstić information content (AvgIpc) is 2.85. The van der Waals surface area contributed by atoms with E-state index in [0.29, 0.717) is 25.7 Å². The minimum atomic E-state index is -0.401. The van der Waals surface area contributed by atoms with E-state index in [2.05, 4.69) is 6.92 Å². The molecule has 1 aliphatic carbocycles. The Bertz CT molecular complexity index is 297. The van der Waals surface area contributed by atoms with Crippen LogP contribution in [0.1, 0.15) is 52.4 Å². The topological polar surface area (TPSA) is 44.8 Å². The smallest absolute Gasteiger partial charge is 0.309 e. The second-order valence-electron chi connectivity index (χ2n) is 5.61. The summed E-state index contributed by atoms with van der Waals surface area (Å²) in [6, 6.07) is 0. The summed E-state index contributed by atoms with van der Waals surface area (Å²) in [5, 5.41) is 0. The molecule has 1 aliphatic heterocycles. The fourth-order valence-electron chi connectivity index (χ4n) is 3.34. The van der Waals surface area contributed by atoms with E-state index in [1.165, 1.54) is 0 Å². The Hall–Kier alpha value is -0.610. The van der Waals surface area contributed by atoms with Gasteiger partial charge in [0.25, 0.3) is 0 Å². The first-order chi connectivity index (χ1) is 9.21. The van der Waals surface area contributed by atoms with Crippen LogP contribution in [-0.2, 0) is 19.0 Å². The van der Waals surface area contributed by atoms with Crippen molar-refractivity contribution in [2.75, 3.05) is 19.8 Å². The third-order valence-electron chi connectivity index (χ3n) is 4.31. The molecule has 0 amide bonds. The molecule has 2 atom stereocenters. The van der Waals surface area contributed by atoms with Crippen molar-refractivity contribution >= 4 is 5.97 Å². The lowest BCUT2D eigenvalue weighted by Gasteiger charge is -2.40. The molecular formula is C15H26O4. The maximum absolute atomic E-state index is 12.1. The van der Waals surface area contributed by atoms with E-state index in [9.17, 15) is 4.79 Å². The number of unbranched alkanes of at least 4 members (excludes halogenated alkanes) is 1. The Kier molecular flexibility index (Phi) is 5.22. The molecular weight excluding hydrogens is 244 g/mol. The number of esters is 1. The van der Waals surface area contributed by atoms with Gasteiger partial charge in [-0.05, 0) is 25.7 Å². The zero-order chi connectivity index (χ0) is 13.7. The lowest BCUT2D eigenvalue weighted by molar-refractivity contribution is -0.200. The summed E-state index contributed by atoms with van der Waals surface area (Å²) in [5.74, 6) is -0.0614. The molecule has 4 heteroatoms. The Morgan fingerprint density at radius 3 is 2.68 bits per heavy atom. The van der Waals surface area contributed by atoms with Crippen molar-refractivity contribution in [1.29, 1.82) is 0 Å². The van der Waals surface area contributed by atoms with Crippen LogP contribution >= 0.6 is 0 Å². The minimum absolute atomic E-state index is 0.0311. The molecule has 2 aliphatic rings. The quantitative estimate of drug-likeness (QED) is 0.721. The highest BCUT2D eigenvalue weighted by atomic mass is 16.7. The van der Waals surface area contributed by atoms with E-state index >= 15 is 0 Å². The SMILES string of the molecule is CCCCC1CC2(CC[C@H]1C(=O)OCC)OCCO2. The molecule has 4 nitrogen and oxygen atoms in total. The third-order valence-corrected chi connectivity index (χ3v) is 4.31. The van der Waals surface area contributed by atoms with Crippen molar-refractivity contribution in [3.05, 3.63) is 0 Å². The van der Waals surface area contributed by atoms with Gasteiger partial charge in [-0.25, -0.2) is 0 Å². The molecule has 0 radical (unpaired) electrons. The van der Waals surface area contributed by atoms with Crippen LogP contribution < -0.4 is 0 Å². The van der Waals surface area contributed by atoms with E-state index in [0.717, 1.165) is 38.5 Å². The van der Waals surface area contributed by atoms with Gasteiger partial charge in [0.2, 0.25) is 0 Å². The van der Waals surface area contributed by atoms with Crippen LogP contribution in [0.4, 0.5) is 0 Å². The Morgan fingerprint density at radius 2 is 2.05 bits per heavy atom. The van der Waals surface area contributed by atoms with Gasteiger partial charge in [0.1, 0.15) is 0 Å². The van der Waals surface area contributed by atoms with Crippen LogP contribution in [0.5, 0.6) is 0 Å². The van der Waals surface area contributed by atoms with Gasteiger partial charge in [-0.15, -0.1) is 0 Å². The highest BCUT2D eigenvalue weighted by Crippen LogP contribution is 2.44. The number of carbonyl (C=O) groups is 1. The molecule has 1 spiro atoms. The molecule has 2 fully saturated rings. The summed E-state index contributed by atoms with van der Waals surface area (Å²) >= 11 is 0. The van der Waals surface area contributed by atoms with Crippen molar-refractivity contribution in [2.45, 2.75) is 58.2 Å². The first-order valence-electron chi connectivity index (χ1n) is 7.65. The molecule has 19 heavy (non-hydrogen) atoms. The van der Waals surface area contributed by atoms with Crippen LogP contribution in [0.25, 0.3) is 0 Å². The fraction of sp³-hybridized carbons (Fsp3) is 0.933. The third kappa shape index (κ3) is 3.48. The minimum Gasteiger partial charge on any atom is -0.466 e. The molecule has 110 valence electrons. The number of rotatable bonds is 5. The van der Waals surface area contributed by atoms with Gasteiger partial charge >= 0.3 is 5.97 Å². The lowest BCUT2D eigenvalue weighted by Crippen LogP contribution is -2.43. The Labute approximate surface area is 115 Å². The molecule has 0 aromatic heterocycles. The standard InChI is InChI=1S/C15H26O4/c1-3-5-6-12-11-15(18-9-10-19-15)8-7-13(12)14(16)17-4-2/h12-13H,3-11H2,1-2H3/t12?,13-/m1/s1. The van der Waals surface area contributed by atoms with Crippen LogP contribution in [0.2, 0.25) is 0 Å². The van der Waals surface area contributed by atoms with E-state index < -0.39 is 5.79 Å². The van der Waals surface area contributed by atoms with Gasteiger partial charge in [-0.1, -0.05) is 19.8 Å². The van der Waals surface area contributed by atoms with Crippen molar-refractivity contribution in [2.24, 2.45) is 11.8 Å². The normalized spacial score (nSPS) is 29.6. The van der Waals surface area contributed by atoms with Gasteiger partial charge in [0, 0.05) is 12.8 Å². The average molecular weight is 270 g/mol. The molecule has 0 aromatic carbocycles. The molecule has 1 saturated carbocycles. The van der Waals surface area contributed by atoms with E-state index in [4.69, 9.17) is 14.2 Å². The first-order valence-corrected chi connectivity index (χ1v) is 7.65. The van der Waals surface area contributed by atoms with Crippen molar-refractivity contribution in [3.8, 4) is 0 Å². The second kappa shape index (κ2) is 6.71. The lowest BCUT2D eigenvalue weighted by atomic mass is 9.74. The molecule has 1 saturated heterocycles. The van der Waals surface area contributed by atoms with E-state index in [-0.39, 0.29) is 11.9 Å². The highest BCUT2D eigenvalue weighted by molar-refractivity contribution is 5.73. The zero-order valence-electron chi connectivity index (χ0n) is 12.2. The highest BCUT2D eigenvalue weighted by Gasteiger charge is 2.47. The zero-order valence-corrected chi connectivity index (χ0v) is 12.2. The second-order valence-corrected chi connectivity index (χ2v) is 5.61. The maximum Gasteiger partial charge on any atom is 0.309 e. The van der Waals surface area contributed by atoms with Crippen LogP contribution in [0.15, 0.2) is 0 Å². The molecule has 1 heterocycles. The van der Waals surface area contributed by atoms with Crippen molar-refractivity contribution in [3.63, 3.8) is 0 Å².